The van der Waals surface area contributed by atoms with E-state index < -0.39 is 0 Å². The van der Waals surface area contributed by atoms with Gasteiger partial charge >= 0.3 is 0 Å². The van der Waals surface area contributed by atoms with Crippen molar-refractivity contribution in [2.24, 2.45) is 0 Å². The van der Waals surface area contributed by atoms with Crippen molar-refractivity contribution < 1.29 is 4.79 Å². The molecule has 0 heterocycles. The van der Waals surface area contributed by atoms with Gasteiger partial charge < -0.3 is 5.32 Å². The van der Waals surface area contributed by atoms with Gasteiger partial charge in [-0.1, -0.05) is 61.9 Å². The molecule has 0 unspecified atom stereocenters. The van der Waals surface area contributed by atoms with Crippen LogP contribution in [0.2, 0.25) is 0 Å². The standard InChI is InChI=1S/C16H17NO.C2H6/c1-13-6-5-7-14(12-13)10-11-17-16(18)15-8-3-2-4-9-15;1-2/h2-9,12H,10-11H2,1H3,(H,17,18);1-2H3. The molecule has 0 spiro atoms. The summed E-state index contributed by atoms with van der Waals surface area (Å²) < 4.78 is 0. The van der Waals surface area contributed by atoms with Crippen molar-refractivity contribution in [3.05, 3.63) is 71.3 Å². The number of hydrogen-bond donors (Lipinski definition) is 1. The summed E-state index contributed by atoms with van der Waals surface area (Å²) >= 11 is 0. The zero-order chi connectivity index (χ0) is 14.8. The number of rotatable bonds is 4. The zero-order valence-electron chi connectivity index (χ0n) is 12.5. The number of hydrogen-bond acceptors (Lipinski definition) is 1. The highest BCUT2D eigenvalue weighted by Gasteiger charge is 2.03. The van der Waals surface area contributed by atoms with Gasteiger partial charge in [0, 0.05) is 12.1 Å². The lowest BCUT2D eigenvalue weighted by Gasteiger charge is -2.06. The average Bonchev–Trinajstić information content (AvgIpc) is 2.50. The van der Waals surface area contributed by atoms with E-state index in [0.29, 0.717) is 12.1 Å². The summed E-state index contributed by atoms with van der Waals surface area (Å²) in [6, 6.07) is 17.6. The zero-order valence-corrected chi connectivity index (χ0v) is 12.5. The fourth-order valence-corrected chi connectivity index (χ4v) is 1.88. The van der Waals surface area contributed by atoms with Gasteiger partial charge in [-0.2, -0.15) is 0 Å². The van der Waals surface area contributed by atoms with Crippen molar-refractivity contribution in [3.8, 4) is 0 Å². The van der Waals surface area contributed by atoms with Gasteiger partial charge in [0.25, 0.3) is 5.91 Å². The molecule has 0 aromatic heterocycles. The molecule has 1 N–H and O–H groups in total. The van der Waals surface area contributed by atoms with Gasteiger partial charge in [-0.15, -0.1) is 0 Å². The molecular weight excluding hydrogens is 246 g/mol. The highest BCUT2D eigenvalue weighted by molar-refractivity contribution is 5.94. The Labute approximate surface area is 121 Å². The van der Waals surface area contributed by atoms with Crippen molar-refractivity contribution in [2.75, 3.05) is 6.54 Å². The van der Waals surface area contributed by atoms with Crippen LogP contribution >= 0.6 is 0 Å². The first-order chi connectivity index (χ1) is 9.75. The van der Waals surface area contributed by atoms with Crippen LogP contribution in [0, 0.1) is 6.92 Å². The molecule has 2 heteroatoms. The number of nitrogens with one attached hydrogen (secondary N) is 1. The van der Waals surface area contributed by atoms with Crippen LogP contribution in [0.15, 0.2) is 54.6 Å². The van der Waals surface area contributed by atoms with Crippen LogP contribution in [0.3, 0.4) is 0 Å². The van der Waals surface area contributed by atoms with E-state index in [1.807, 2.05) is 50.2 Å². The van der Waals surface area contributed by atoms with Crippen molar-refractivity contribution in [1.29, 1.82) is 0 Å². The minimum absolute atomic E-state index is 0.0109. The van der Waals surface area contributed by atoms with E-state index >= 15 is 0 Å². The second-order valence-electron chi connectivity index (χ2n) is 4.36. The number of aryl methyl sites for hydroxylation is 1. The van der Waals surface area contributed by atoms with Crippen LogP contribution in [-0.2, 0) is 6.42 Å². The summed E-state index contributed by atoms with van der Waals surface area (Å²) in [5, 5.41) is 2.93. The Morgan fingerprint density at radius 2 is 1.70 bits per heavy atom. The molecule has 0 aliphatic rings. The highest BCUT2D eigenvalue weighted by Crippen LogP contribution is 2.04. The van der Waals surface area contributed by atoms with Gasteiger partial charge in [0.15, 0.2) is 0 Å². The lowest BCUT2D eigenvalue weighted by Crippen LogP contribution is -2.25. The second kappa shape index (κ2) is 8.92. The molecule has 2 nitrogen and oxygen atoms in total. The lowest BCUT2D eigenvalue weighted by molar-refractivity contribution is 0.0954. The molecule has 2 aromatic carbocycles. The molecule has 2 rings (SSSR count). The third kappa shape index (κ3) is 5.27. The van der Waals surface area contributed by atoms with E-state index in [1.165, 1.54) is 11.1 Å². The minimum Gasteiger partial charge on any atom is -0.352 e. The quantitative estimate of drug-likeness (QED) is 0.893. The first-order valence-corrected chi connectivity index (χ1v) is 7.14. The van der Waals surface area contributed by atoms with Crippen LogP contribution in [0.4, 0.5) is 0 Å². The molecule has 0 saturated heterocycles. The largest absolute Gasteiger partial charge is 0.352 e. The maximum atomic E-state index is 11.8. The third-order valence-electron chi connectivity index (χ3n) is 2.82. The monoisotopic (exact) mass is 269 g/mol. The molecule has 106 valence electrons. The average molecular weight is 269 g/mol. The Morgan fingerprint density at radius 3 is 2.35 bits per heavy atom. The summed E-state index contributed by atoms with van der Waals surface area (Å²) in [5.74, 6) is -0.0109. The van der Waals surface area contributed by atoms with Crippen LogP contribution < -0.4 is 5.32 Å². The second-order valence-corrected chi connectivity index (χ2v) is 4.36. The summed E-state index contributed by atoms with van der Waals surface area (Å²) in [6.07, 6.45) is 0.861. The maximum Gasteiger partial charge on any atom is 0.251 e. The van der Waals surface area contributed by atoms with E-state index in [0.717, 1.165) is 6.42 Å². The molecule has 0 aliphatic heterocycles. The minimum atomic E-state index is -0.0109. The van der Waals surface area contributed by atoms with E-state index in [-0.39, 0.29) is 5.91 Å². The van der Waals surface area contributed by atoms with Gasteiger partial charge in [0.2, 0.25) is 0 Å². The van der Waals surface area contributed by atoms with Crippen molar-refractivity contribution in [2.45, 2.75) is 27.2 Å². The summed E-state index contributed by atoms with van der Waals surface area (Å²) in [5.41, 5.74) is 3.21. The maximum absolute atomic E-state index is 11.8. The highest BCUT2D eigenvalue weighted by atomic mass is 16.1. The van der Waals surface area contributed by atoms with E-state index in [1.54, 1.807) is 0 Å². The predicted octanol–water partition coefficient (Wildman–Crippen LogP) is 3.99. The Hall–Kier alpha value is -2.09. The SMILES string of the molecule is CC.Cc1cccc(CCNC(=O)c2ccccc2)c1. The molecule has 20 heavy (non-hydrogen) atoms. The van der Waals surface area contributed by atoms with Gasteiger partial charge in [-0.05, 0) is 31.0 Å². The summed E-state index contributed by atoms with van der Waals surface area (Å²) in [6.45, 7) is 6.74. The molecule has 0 atom stereocenters. The molecule has 2 aromatic rings. The summed E-state index contributed by atoms with van der Waals surface area (Å²) in [7, 11) is 0. The molecule has 0 radical (unpaired) electrons. The smallest absolute Gasteiger partial charge is 0.251 e. The van der Waals surface area contributed by atoms with Crippen LogP contribution in [0.25, 0.3) is 0 Å². The van der Waals surface area contributed by atoms with E-state index in [4.69, 9.17) is 0 Å². The van der Waals surface area contributed by atoms with Gasteiger partial charge in [0.1, 0.15) is 0 Å². The first-order valence-electron chi connectivity index (χ1n) is 7.14. The number of amides is 1. The molecule has 0 bridgehead atoms. The molecule has 0 fully saturated rings. The Balaban J connectivity index is 0.000000956. The Morgan fingerprint density at radius 1 is 1.00 bits per heavy atom. The van der Waals surface area contributed by atoms with E-state index in [2.05, 4.69) is 30.4 Å². The topological polar surface area (TPSA) is 29.1 Å². The fourth-order valence-electron chi connectivity index (χ4n) is 1.88. The lowest BCUT2D eigenvalue weighted by atomic mass is 10.1. The van der Waals surface area contributed by atoms with Crippen LogP contribution in [0.1, 0.15) is 35.3 Å². The normalized spacial score (nSPS) is 9.35. The molecule has 0 aliphatic carbocycles. The third-order valence-corrected chi connectivity index (χ3v) is 2.82. The Bertz CT molecular complexity index is 520. The van der Waals surface area contributed by atoms with Crippen molar-refractivity contribution in [3.63, 3.8) is 0 Å². The first kappa shape index (κ1) is 16.0. The van der Waals surface area contributed by atoms with Crippen LogP contribution in [0.5, 0.6) is 0 Å². The van der Waals surface area contributed by atoms with Gasteiger partial charge in [-0.3, -0.25) is 4.79 Å². The van der Waals surface area contributed by atoms with E-state index in [9.17, 15) is 4.79 Å². The predicted molar refractivity (Wildman–Crippen MR) is 85.0 cm³/mol. The molecule has 1 amide bonds. The Kier molecular flexibility index (Phi) is 7.12. The number of carbonyl (C=O) groups excluding carboxylic acids is 1. The van der Waals surface area contributed by atoms with Crippen molar-refractivity contribution in [1.82, 2.24) is 5.32 Å². The molecular formula is C18H23NO. The summed E-state index contributed by atoms with van der Waals surface area (Å²) in [4.78, 5) is 11.8. The van der Waals surface area contributed by atoms with Gasteiger partial charge in [-0.25, -0.2) is 0 Å². The fraction of sp³-hybridized carbons (Fsp3) is 0.278. The number of carbonyl (C=O) groups is 1. The van der Waals surface area contributed by atoms with Crippen LogP contribution in [-0.4, -0.2) is 12.5 Å². The van der Waals surface area contributed by atoms with Gasteiger partial charge in [0.05, 0.1) is 0 Å². The number of benzene rings is 2. The van der Waals surface area contributed by atoms with Crippen molar-refractivity contribution >= 4 is 5.91 Å². The molecule has 0 saturated carbocycles.